The highest BCUT2D eigenvalue weighted by Crippen LogP contribution is 2.30. The summed E-state index contributed by atoms with van der Waals surface area (Å²) in [5.74, 6) is 0. The van der Waals surface area contributed by atoms with Gasteiger partial charge in [0.25, 0.3) is 0 Å². The Morgan fingerprint density at radius 2 is 2.30 bits per heavy atom. The number of halogens is 1. The van der Waals surface area contributed by atoms with E-state index in [-0.39, 0.29) is 6.04 Å². The molecule has 0 aliphatic heterocycles. The normalized spacial score (nSPS) is 13.6. The molecule has 0 bridgehead atoms. The van der Waals surface area contributed by atoms with Crippen molar-refractivity contribution in [2.75, 3.05) is 0 Å². The van der Waals surface area contributed by atoms with E-state index in [1.165, 1.54) is 14.2 Å². The Balaban J connectivity index is 2.98. The molecule has 1 atom stereocenters. The average molecular weight is 220 g/mol. The molecule has 10 heavy (non-hydrogen) atoms. The first-order chi connectivity index (χ1) is 4.61. The van der Waals surface area contributed by atoms with Gasteiger partial charge in [-0.2, -0.15) is 0 Å². The van der Waals surface area contributed by atoms with Gasteiger partial charge in [0.05, 0.1) is 3.79 Å². The van der Waals surface area contributed by atoms with Gasteiger partial charge in [-0.25, -0.2) is 0 Å². The van der Waals surface area contributed by atoms with Crippen molar-refractivity contribution in [2.45, 2.75) is 19.9 Å². The summed E-state index contributed by atoms with van der Waals surface area (Å²) in [6.45, 7) is 4.07. The summed E-state index contributed by atoms with van der Waals surface area (Å²) < 4.78 is 1.19. The minimum Gasteiger partial charge on any atom is -0.324 e. The molecule has 1 heterocycles. The highest BCUT2D eigenvalue weighted by atomic mass is 79.9. The average Bonchev–Trinajstić information content (AvgIpc) is 2.13. The molecule has 3 heteroatoms. The van der Waals surface area contributed by atoms with Gasteiger partial charge in [0.15, 0.2) is 0 Å². The molecule has 0 aromatic carbocycles. The second kappa shape index (κ2) is 3.03. The lowest BCUT2D eigenvalue weighted by Gasteiger charge is -1.96. The second-order valence-electron chi connectivity index (χ2n) is 2.39. The monoisotopic (exact) mass is 219 g/mol. The van der Waals surface area contributed by atoms with Crippen LogP contribution in [0.2, 0.25) is 0 Å². The molecule has 0 saturated heterocycles. The van der Waals surface area contributed by atoms with E-state index in [2.05, 4.69) is 28.9 Å². The zero-order valence-corrected chi connectivity index (χ0v) is 8.42. The minimum absolute atomic E-state index is 0.162. The van der Waals surface area contributed by atoms with E-state index in [4.69, 9.17) is 5.73 Å². The van der Waals surface area contributed by atoms with Crippen LogP contribution in [0.3, 0.4) is 0 Å². The first kappa shape index (κ1) is 8.24. The molecule has 0 amide bonds. The maximum absolute atomic E-state index is 5.69. The van der Waals surface area contributed by atoms with Crippen LogP contribution < -0.4 is 5.73 Å². The van der Waals surface area contributed by atoms with Gasteiger partial charge in [-0.05, 0) is 41.4 Å². The van der Waals surface area contributed by atoms with Crippen molar-refractivity contribution < 1.29 is 0 Å². The van der Waals surface area contributed by atoms with E-state index in [1.807, 2.05) is 6.92 Å². The molecule has 0 fully saturated rings. The van der Waals surface area contributed by atoms with Crippen LogP contribution in [-0.2, 0) is 0 Å². The van der Waals surface area contributed by atoms with Crippen molar-refractivity contribution in [3.8, 4) is 0 Å². The van der Waals surface area contributed by atoms with Crippen LogP contribution in [0.4, 0.5) is 0 Å². The first-order valence-corrected chi connectivity index (χ1v) is 4.73. The third-order valence-corrected chi connectivity index (χ3v) is 3.66. The lowest BCUT2D eigenvalue weighted by molar-refractivity contribution is 0.838. The van der Waals surface area contributed by atoms with E-state index in [0.717, 1.165) is 0 Å². The van der Waals surface area contributed by atoms with Gasteiger partial charge < -0.3 is 5.73 Å². The van der Waals surface area contributed by atoms with Crippen molar-refractivity contribution in [2.24, 2.45) is 5.73 Å². The standard InChI is InChI=1S/C7H10BrNS/c1-4-3-6(5(2)9)10-7(4)8/h3,5H,9H2,1-2H3/t5-/m1/s1. The fourth-order valence-electron chi connectivity index (χ4n) is 0.708. The van der Waals surface area contributed by atoms with Crippen LogP contribution in [0.15, 0.2) is 9.85 Å². The summed E-state index contributed by atoms with van der Waals surface area (Å²) in [7, 11) is 0. The van der Waals surface area contributed by atoms with E-state index in [0.29, 0.717) is 0 Å². The molecule has 0 spiro atoms. The highest BCUT2D eigenvalue weighted by Gasteiger charge is 2.05. The van der Waals surface area contributed by atoms with Gasteiger partial charge >= 0.3 is 0 Å². The maximum atomic E-state index is 5.69. The first-order valence-electron chi connectivity index (χ1n) is 3.12. The minimum atomic E-state index is 0.162. The molecule has 1 rings (SSSR count). The molecule has 0 unspecified atom stereocenters. The van der Waals surface area contributed by atoms with Crippen LogP contribution in [-0.4, -0.2) is 0 Å². The van der Waals surface area contributed by atoms with Gasteiger partial charge in [0.1, 0.15) is 0 Å². The second-order valence-corrected chi connectivity index (χ2v) is 4.80. The fraction of sp³-hybridized carbons (Fsp3) is 0.429. The Hall–Kier alpha value is 0.140. The molecule has 1 aromatic rings. The van der Waals surface area contributed by atoms with Crippen molar-refractivity contribution in [3.63, 3.8) is 0 Å². The molecule has 1 nitrogen and oxygen atoms in total. The summed E-state index contributed by atoms with van der Waals surface area (Å²) in [4.78, 5) is 1.24. The van der Waals surface area contributed by atoms with Crippen molar-refractivity contribution in [3.05, 3.63) is 20.3 Å². The summed E-state index contributed by atoms with van der Waals surface area (Å²) in [5, 5.41) is 0. The summed E-state index contributed by atoms with van der Waals surface area (Å²) >= 11 is 5.16. The number of nitrogens with two attached hydrogens (primary N) is 1. The predicted octanol–water partition coefficient (Wildman–Crippen LogP) is 2.84. The Labute approximate surface area is 73.4 Å². The van der Waals surface area contributed by atoms with Gasteiger partial charge in [-0.1, -0.05) is 0 Å². The third-order valence-electron chi connectivity index (χ3n) is 1.33. The van der Waals surface area contributed by atoms with Crippen LogP contribution in [0.5, 0.6) is 0 Å². The summed E-state index contributed by atoms with van der Waals surface area (Å²) in [6.07, 6.45) is 0. The number of rotatable bonds is 1. The maximum Gasteiger partial charge on any atom is 0.0731 e. The Morgan fingerprint density at radius 1 is 1.70 bits per heavy atom. The molecule has 56 valence electrons. The van der Waals surface area contributed by atoms with Gasteiger partial charge in [-0.15, -0.1) is 11.3 Å². The van der Waals surface area contributed by atoms with Crippen LogP contribution in [0.1, 0.15) is 23.4 Å². The molecule has 0 aliphatic carbocycles. The number of hydrogen-bond donors (Lipinski definition) is 1. The van der Waals surface area contributed by atoms with Crippen LogP contribution in [0.25, 0.3) is 0 Å². The lowest BCUT2D eigenvalue weighted by atomic mass is 10.2. The molecule has 0 saturated carbocycles. The zero-order valence-electron chi connectivity index (χ0n) is 6.02. The van der Waals surface area contributed by atoms with Crippen molar-refractivity contribution in [1.29, 1.82) is 0 Å². The molecular weight excluding hydrogens is 210 g/mol. The van der Waals surface area contributed by atoms with E-state index < -0.39 is 0 Å². The zero-order chi connectivity index (χ0) is 7.72. The number of hydrogen-bond acceptors (Lipinski definition) is 2. The Bertz CT molecular complexity index is 210. The third kappa shape index (κ3) is 1.59. The van der Waals surface area contributed by atoms with Gasteiger partial charge in [-0.3, -0.25) is 0 Å². The summed E-state index contributed by atoms with van der Waals surface area (Å²) in [5.41, 5.74) is 6.96. The molecule has 1 aromatic heterocycles. The van der Waals surface area contributed by atoms with Crippen LogP contribution in [0, 0.1) is 6.92 Å². The van der Waals surface area contributed by atoms with Crippen molar-refractivity contribution in [1.82, 2.24) is 0 Å². The number of aryl methyl sites for hydroxylation is 1. The SMILES string of the molecule is Cc1cc([C@@H](C)N)sc1Br. The molecule has 0 radical (unpaired) electrons. The largest absolute Gasteiger partial charge is 0.324 e. The number of thiophene rings is 1. The Morgan fingerprint density at radius 3 is 2.50 bits per heavy atom. The predicted molar refractivity (Wildman–Crippen MR) is 49.4 cm³/mol. The van der Waals surface area contributed by atoms with Gasteiger partial charge in [0, 0.05) is 10.9 Å². The highest BCUT2D eigenvalue weighted by molar-refractivity contribution is 9.11. The molecule has 0 aliphatic rings. The van der Waals surface area contributed by atoms with E-state index in [1.54, 1.807) is 11.3 Å². The van der Waals surface area contributed by atoms with Crippen molar-refractivity contribution >= 4 is 27.3 Å². The topological polar surface area (TPSA) is 26.0 Å². The van der Waals surface area contributed by atoms with E-state index >= 15 is 0 Å². The van der Waals surface area contributed by atoms with E-state index in [9.17, 15) is 0 Å². The summed E-state index contributed by atoms with van der Waals surface area (Å²) in [6, 6.07) is 2.29. The molecular formula is C7H10BrNS. The van der Waals surface area contributed by atoms with Gasteiger partial charge in [0.2, 0.25) is 0 Å². The quantitative estimate of drug-likeness (QED) is 0.773. The molecule has 2 N–H and O–H groups in total. The van der Waals surface area contributed by atoms with Crippen LogP contribution >= 0.6 is 27.3 Å². The fourth-order valence-corrected chi connectivity index (χ4v) is 2.23. The Kier molecular flexibility index (Phi) is 2.50. The smallest absolute Gasteiger partial charge is 0.0731 e. The lowest BCUT2D eigenvalue weighted by Crippen LogP contribution is -2.01.